The molecule has 2 fully saturated rings. The van der Waals surface area contributed by atoms with Crippen molar-refractivity contribution in [2.75, 3.05) is 36.5 Å². The summed E-state index contributed by atoms with van der Waals surface area (Å²) in [4.78, 5) is 38.8. The number of amides is 3. The molecule has 30 heavy (non-hydrogen) atoms. The van der Waals surface area contributed by atoms with Crippen LogP contribution >= 0.6 is 0 Å². The number of nitrogens with zero attached hydrogens (tertiary/aromatic N) is 1. The zero-order valence-electron chi connectivity index (χ0n) is 17.7. The Morgan fingerprint density at radius 3 is 2.50 bits per heavy atom. The van der Waals surface area contributed by atoms with Crippen LogP contribution in [-0.4, -0.2) is 50.2 Å². The molecular formula is C22H32N4O4. The number of ether oxygens (including phenoxy) is 1. The fourth-order valence-electron chi connectivity index (χ4n) is 4.08. The molecule has 0 atom stereocenters. The molecule has 3 rings (SSSR count). The molecule has 3 N–H and O–H groups in total. The van der Waals surface area contributed by atoms with Crippen molar-refractivity contribution < 1.29 is 19.1 Å². The van der Waals surface area contributed by atoms with Gasteiger partial charge in [-0.05, 0) is 50.8 Å². The van der Waals surface area contributed by atoms with Gasteiger partial charge in [0.1, 0.15) is 6.54 Å². The van der Waals surface area contributed by atoms with Crippen LogP contribution in [0.5, 0.6) is 0 Å². The molecule has 8 heteroatoms. The molecule has 1 aromatic rings. The first-order valence-corrected chi connectivity index (χ1v) is 11.0. The maximum Gasteiger partial charge on any atom is 0.325 e. The van der Waals surface area contributed by atoms with Crippen LogP contribution in [0.15, 0.2) is 18.2 Å². The van der Waals surface area contributed by atoms with Gasteiger partial charge in [-0.25, -0.2) is 4.79 Å². The predicted octanol–water partition coefficient (Wildman–Crippen LogP) is 3.03. The van der Waals surface area contributed by atoms with Crippen LogP contribution < -0.4 is 20.9 Å². The molecule has 1 aliphatic carbocycles. The topological polar surface area (TPSA) is 99.8 Å². The smallest absolute Gasteiger partial charge is 0.325 e. The van der Waals surface area contributed by atoms with Gasteiger partial charge in [0.05, 0.1) is 12.2 Å². The quantitative estimate of drug-likeness (QED) is 0.593. The van der Waals surface area contributed by atoms with E-state index in [0.717, 1.165) is 57.3 Å². The van der Waals surface area contributed by atoms with Gasteiger partial charge < -0.3 is 25.6 Å². The van der Waals surface area contributed by atoms with E-state index in [9.17, 15) is 14.4 Å². The summed E-state index contributed by atoms with van der Waals surface area (Å²) in [5.41, 5.74) is 1.98. The second kappa shape index (κ2) is 10.8. The lowest BCUT2D eigenvalue weighted by Crippen LogP contribution is -2.37. The van der Waals surface area contributed by atoms with Crippen molar-refractivity contribution in [3.63, 3.8) is 0 Å². The first kappa shape index (κ1) is 21.9. The minimum Gasteiger partial charge on any atom is -0.465 e. The van der Waals surface area contributed by atoms with Crippen molar-refractivity contribution in [1.29, 1.82) is 0 Å². The molecule has 1 heterocycles. The van der Waals surface area contributed by atoms with Crippen molar-refractivity contribution in [3.05, 3.63) is 23.8 Å². The van der Waals surface area contributed by atoms with Gasteiger partial charge in [-0.2, -0.15) is 0 Å². The number of urea groups is 1. The molecule has 0 spiro atoms. The highest BCUT2D eigenvalue weighted by Crippen LogP contribution is 2.28. The number of nitrogens with one attached hydrogen (secondary N) is 3. The van der Waals surface area contributed by atoms with Crippen molar-refractivity contribution >= 4 is 29.3 Å². The number of carbonyl (C=O) groups is 3. The van der Waals surface area contributed by atoms with Gasteiger partial charge in [-0.3, -0.25) is 9.59 Å². The Morgan fingerprint density at radius 2 is 1.80 bits per heavy atom. The van der Waals surface area contributed by atoms with E-state index in [-0.39, 0.29) is 25.1 Å². The van der Waals surface area contributed by atoms with E-state index in [4.69, 9.17) is 4.74 Å². The van der Waals surface area contributed by atoms with Crippen LogP contribution in [0.25, 0.3) is 0 Å². The Balaban J connectivity index is 1.70. The minimum absolute atomic E-state index is 0.0978. The van der Waals surface area contributed by atoms with Crippen LogP contribution in [0, 0.1) is 0 Å². The van der Waals surface area contributed by atoms with E-state index in [0.29, 0.717) is 11.3 Å². The van der Waals surface area contributed by atoms with Gasteiger partial charge in [0, 0.05) is 30.5 Å². The van der Waals surface area contributed by atoms with Crippen LogP contribution in [0.4, 0.5) is 16.2 Å². The van der Waals surface area contributed by atoms with Crippen molar-refractivity contribution in [2.24, 2.45) is 0 Å². The third-order valence-corrected chi connectivity index (χ3v) is 5.58. The molecule has 1 aromatic carbocycles. The number of benzene rings is 1. The van der Waals surface area contributed by atoms with Gasteiger partial charge in [0.2, 0.25) is 0 Å². The molecule has 1 saturated heterocycles. The highest BCUT2D eigenvalue weighted by Gasteiger charge is 2.23. The average Bonchev–Trinajstić information content (AvgIpc) is 3.28. The molecule has 1 aliphatic heterocycles. The zero-order valence-corrected chi connectivity index (χ0v) is 17.7. The van der Waals surface area contributed by atoms with E-state index in [2.05, 4.69) is 20.9 Å². The first-order valence-electron chi connectivity index (χ1n) is 11.0. The Bertz CT molecular complexity index is 756. The summed E-state index contributed by atoms with van der Waals surface area (Å²) in [5.74, 6) is -0.594. The van der Waals surface area contributed by atoms with E-state index in [1.165, 1.54) is 6.42 Å². The Kier molecular flexibility index (Phi) is 7.93. The molecule has 2 aliphatic rings. The number of esters is 1. The normalized spacial score (nSPS) is 16.8. The molecule has 8 nitrogen and oxygen atoms in total. The Morgan fingerprint density at radius 1 is 1.07 bits per heavy atom. The van der Waals surface area contributed by atoms with E-state index < -0.39 is 12.0 Å². The SMILES string of the molecule is CCOC(=O)CNC(=O)Nc1ccc(N2CCCC2)c(C(=O)NC2CCCCC2)c1. The lowest BCUT2D eigenvalue weighted by atomic mass is 9.95. The lowest BCUT2D eigenvalue weighted by molar-refractivity contribution is -0.141. The molecule has 0 bridgehead atoms. The third-order valence-electron chi connectivity index (χ3n) is 5.58. The molecule has 164 valence electrons. The number of carbonyl (C=O) groups excluding carboxylic acids is 3. The van der Waals surface area contributed by atoms with Crippen LogP contribution in [-0.2, 0) is 9.53 Å². The maximum absolute atomic E-state index is 13.1. The van der Waals surface area contributed by atoms with E-state index in [1.54, 1.807) is 19.1 Å². The van der Waals surface area contributed by atoms with Gasteiger partial charge in [0.15, 0.2) is 0 Å². The number of anilines is 2. The molecule has 0 unspecified atom stereocenters. The zero-order chi connectivity index (χ0) is 21.3. The number of rotatable bonds is 7. The molecular weight excluding hydrogens is 384 g/mol. The minimum atomic E-state index is -0.518. The van der Waals surface area contributed by atoms with Gasteiger partial charge in [0.25, 0.3) is 5.91 Å². The summed E-state index contributed by atoms with van der Waals surface area (Å²) < 4.78 is 4.80. The maximum atomic E-state index is 13.1. The first-order chi connectivity index (χ1) is 14.6. The van der Waals surface area contributed by atoms with Crippen LogP contribution in [0.1, 0.15) is 62.2 Å². The average molecular weight is 417 g/mol. The fourth-order valence-corrected chi connectivity index (χ4v) is 4.08. The molecule has 1 saturated carbocycles. The van der Waals surface area contributed by atoms with Crippen molar-refractivity contribution in [3.8, 4) is 0 Å². The van der Waals surface area contributed by atoms with Crippen LogP contribution in [0.2, 0.25) is 0 Å². The third kappa shape index (κ3) is 6.11. The van der Waals surface area contributed by atoms with E-state index in [1.807, 2.05) is 6.07 Å². The Labute approximate surface area is 177 Å². The second-order valence-electron chi connectivity index (χ2n) is 7.85. The summed E-state index contributed by atoms with van der Waals surface area (Å²) in [7, 11) is 0. The number of hydrogen-bond acceptors (Lipinski definition) is 5. The largest absolute Gasteiger partial charge is 0.465 e. The summed E-state index contributed by atoms with van der Waals surface area (Å²) in [6.45, 7) is 3.62. The van der Waals surface area contributed by atoms with Gasteiger partial charge in [-0.15, -0.1) is 0 Å². The standard InChI is InChI=1S/C22H32N4O4/c1-2-30-20(27)15-23-22(29)25-17-10-11-19(26-12-6-7-13-26)18(14-17)21(28)24-16-8-4-3-5-9-16/h10-11,14,16H,2-9,12-13,15H2,1H3,(H,24,28)(H2,23,25,29). The second-order valence-corrected chi connectivity index (χ2v) is 7.85. The highest BCUT2D eigenvalue weighted by molar-refractivity contribution is 6.02. The van der Waals surface area contributed by atoms with Crippen molar-refractivity contribution in [2.45, 2.75) is 57.9 Å². The summed E-state index contributed by atoms with van der Waals surface area (Å²) in [6.07, 6.45) is 7.77. The summed E-state index contributed by atoms with van der Waals surface area (Å²) >= 11 is 0. The summed E-state index contributed by atoms with van der Waals surface area (Å²) in [5, 5.41) is 8.34. The monoisotopic (exact) mass is 416 g/mol. The lowest BCUT2D eigenvalue weighted by Gasteiger charge is -2.25. The Hall–Kier alpha value is -2.77. The highest BCUT2D eigenvalue weighted by atomic mass is 16.5. The van der Waals surface area contributed by atoms with E-state index >= 15 is 0 Å². The molecule has 0 radical (unpaired) electrons. The van der Waals surface area contributed by atoms with Gasteiger partial charge >= 0.3 is 12.0 Å². The molecule has 3 amide bonds. The number of hydrogen-bond donors (Lipinski definition) is 3. The van der Waals surface area contributed by atoms with Crippen LogP contribution in [0.3, 0.4) is 0 Å². The van der Waals surface area contributed by atoms with Gasteiger partial charge in [-0.1, -0.05) is 19.3 Å². The fraction of sp³-hybridized carbons (Fsp3) is 0.591. The summed E-state index contributed by atoms with van der Waals surface area (Å²) in [6, 6.07) is 5.09. The predicted molar refractivity (Wildman–Crippen MR) is 116 cm³/mol. The van der Waals surface area contributed by atoms with Crippen molar-refractivity contribution in [1.82, 2.24) is 10.6 Å². The molecule has 0 aromatic heterocycles.